The smallest absolute Gasteiger partial charge is 0.111 e. The fourth-order valence-corrected chi connectivity index (χ4v) is 3.39. The van der Waals surface area contributed by atoms with Crippen LogP contribution in [0.4, 0.5) is 0 Å². The summed E-state index contributed by atoms with van der Waals surface area (Å²) in [6.07, 6.45) is 16.3. The summed E-state index contributed by atoms with van der Waals surface area (Å²) in [5.41, 5.74) is 0. The van der Waals surface area contributed by atoms with Gasteiger partial charge in [0, 0.05) is 6.61 Å². The number of ether oxygens (including phenoxy) is 2. The van der Waals surface area contributed by atoms with E-state index in [0.717, 1.165) is 19.3 Å². The summed E-state index contributed by atoms with van der Waals surface area (Å²) in [4.78, 5) is 0. The summed E-state index contributed by atoms with van der Waals surface area (Å²) in [6.45, 7) is 2.74. The molecule has 0 aromatic rings. The maximum atomic E-state index is 9.98. The number of aliphatic hydroxyl groups excluding tert-OH is 3. The second kappa shape index (κ2) is 16.5. The lowest BCUT2D eigenvalue weighted by Crippen LogP contribution is -2.55. The normalized spacial score (nSPS) is 26.1. The molecule has 1 aliphatic heterocycles. The lowest BCUT2D eigenvalue weighted by atomic mass is 10.0. The molecule has 4 atom stereocenters. The van der Waals surface area contributed by atoms with E-state index in [1.807, 2.05) is 0 Å². The zero-order valence-electron chi connectivity index (χ0n) is 17.2. The van der Waals surface area contributed by atoms with Crippen LogP contribution in [0.15, 0.2) is 12.2 Å². The van der Waals surface area contributed by atoms with Gasteiger partial charge in [0.05, 0.1) is 13.2 Å². The van der Waals surface area contributed by atoms with Gasteiger partial charge in [0.1, 0.15) is 24.4 Å². The van der Waals surface area contributed by atoms with E-state index in [9.17, 15) is 10.2 Å². The lowest BCUT2D eigenvalue weighted by molar-refractivity contribution is -0.208. The number of rotatable bonds is 16. The molecule has 0 saturated carbocycles. The highest BCUT2D eigenvalue weighted by Gasteiger charge is 2.38. The van der Waals surface area contributed by atoms with Crippen LogP contribution in [0, 0.1) is 0 Å². The predicted molar refractivity (Wildman–Crippen MR) is 109 cm³/mol. The molecule has 0 aromatic carbocycles. The minimum absolute atomic E-state index is 0.215. The van der Waals surface area contributed by atoms with E-state index in [1.165, 1.54) is 57.8 Å². The third kappa shape index (κ3) is 11.2. The van der Waals surface area contributed by atoms with Crippen LogP contribution >= 0.6 is 0 Å². The molecule has 5 nitrogen and oxygen atoms in total. The van der Waals surface area contributed by atoms with Gasteiger partial charge >= 0.3 is 0 Å². The van der Waals surface area contributed by atoms with Gasteiger partial charge in [-0.1, -0.05) is 64.0 Å². The summed E-state index contributed by atoms with van der Waals surface area (Å²) in [5.74, 6) is 0. The molecule has 0 amide bonds. The zero-order valence-corrected chi connectivity index (χ0v) is 17.2. The van der Waals surface area contributed by atoms with E-state index in [0.29, 0.717) is 6.61 Å². The van der Waals surface area contributed by atoms with Gasteiger partial charge in [-0.3, -0.25) is 0 Å². The third-order valence-electron chi connectivity index (χ3n) is 5.25. The Bertz CT molecular complexity index is 361. The van der Waals surface area contributed by atoms with Crippen molar-refractivity contribution in [3.63, 3.8) is 0 Å². The van der Waals surface area contributed by atoms with Gasteiger partial charge in [-0.2, -0.15) is 0 Å². The van der Waals surface area contributed by atoms with Gasteiger partial charge in [0.15, 0.2) is 0 Å². The van der Waals surface area contributed by atoms with Crippen LogP contribution < -0.4 is 0 Å². The fourth-order valence-electron chi connectivity index (χ4n) is 3.39. The SMILES string of the molecule is CCCCCCCC/C=C/CCCCCCO[C@@H]1CO[C@@H](CO)[C@H](O)[C@H]1O. The monoisotopic (exact) mass is 386 g/mol. The fraction of sp³-hybridized carbons (Fsp3) is 0.909. The average Bonchev–Trinajstić information content (AvgIpc) is 2.68. The summed E-state index contributed by atoms with van der Waals surface area (Å²) in [5, 5.41) is 28.8. The molecular weight excluding hydrogens is 344 g/mol. The maximum Gasteiger partial charge on any atom is 0.111 e. The van der Waals surface area contributed by atoms with Crippen molar-refractivity contribution in [1.29, 1.82) is 0 Å². The largest absolute Gasteiger partial charge is 0.394 e. The van der Waals surface area contributed by atoms with Crippen molar-refractivity contribution in [2.75, 3.05) is 19.8 Å². The lowest BCUT2D eigenvalue weighted by Gasteiger charge is -2.36. The molecule has 160 valence electrons. The molecule has 1 fully saturated rings. The molecule has 0 aliphatic carbocycles. The van der Waals surface area contributed by atoms with Crippen molar-refractivity contribution >= 4 is 0 Å². The Hall–Kier alpha value is -0.460. The molecule has 1 heterocycles. The number of unbranched alkanes of at least 4 members (excludes halogenated alkanes) is 10. The summed E-state index contributed by atoms with van der Waals surface area (Å²) in [7, 11) is 0. The zero-order chi connectivity index (χ0) is 19.7. The van der Waals surface area contributed by atoms with Gasteiger partial charge in [-0.15, -0.1) is 0 Å². The van der Waals surface area contributed by atoms with E-state index in [2.05, 4.69) is 19.1 Å². The molecule has 1 aliphatic rings. The van der Waals surface area contributed by atoms with Crippen LogP contribution in [0.25, 0.3) is 0 Å². The van der Waals surface area contributed by atoms with Crippen LogP contribution in [0.1, 0.15) is 84.0 Å². The van der Waals surface area contributed by atoms with Gasteiger partial charge in [-0.25, -0.2) is 0 Å². The highest BCUT2D eigenvalue weighted by atomic mass is 16.6. The number of hydrogen-bond acceptors (Lipinski definition) is 5. The second-order valence-corrected chi connectivity index (χ2v) is 7.68. The highest BCUT2D eigenvalue weighted by Crippen LogP contribution is 2.18. The quantitative estimate of drug-likeness (QED) is 0.278. The summed E-state index contributed by atoms with van der Waals surface area (Å²) < 4.78 is 10.9. The van der Waals surface area contributed by atoms with E-state index in [-0.39, 0.29) is 13.2 Å². The van der Waals surface area contributed by atoms with Crippen LogP contribution in [-0.4, -0.2) is 59.6 Å². The minimum Gasteiger partial charge on any atom is -0.394 e. The Balaban J connectivity index is 1.88. The molecular formula is C22H42O5. The van der Waals surface area contributed by atoms with Crippen LogP contribution in [0.5, 0.6) is 0 Å². The van der Waals surface area contributed by atoms with Crippen LogP contribution in [-0.2, 0) is 9.47 Å². The van der Waals surface area contributed by atoms with Gasteiger partial charge in [0.25, 0.3) is 0 Å². The third-order valence-corrected chi connectivity index (χ3v) is 5.25. The van der Waals surface area contributed by atoms with Gasteiger partial charge < -0.3 is 24.8 Å². The van der Waals surface area contributed by atoms with Crippen molar-refractivity contribution in [2.24, 2.45) is 0 Å². The Kier molecular flexibility index (Phi) is 15.0. The molecule has 0 unspecified atom stereocenters. The van der Waals surface area contributed by atoms with Crippen molar-refractivity contribution in [3.05, 3.63) is 12.2 Å². The molecule has 27 heavy (non-hydrogen) atoms. The first-order valence-electron chi connectivity index (χ1n) is 11.1. The molecule has 0 spiro atoms. The predicted octanol–water partition coefficient (Wildman–Crippen LogP) is 3.74. The van der Waals surface area contributed by atoms with Crippen LogP contribution in [0.3, 0.4) is 0 Å². The average molecular weight is 387 g/mol. The minimum atomic E-state index is -1.09. The second-order valence-electron chi connectivity index (χ2n) is 7.68. The molecule has 1 rings (SSSR count). The first-order valence-corrected chi connectivity index (χ1v) is 11.1. The first kappa shape index (κ1) is 24.6. The molecule has 0 bridgehead atoms. The van der Waals surface area contributed by atoms with Crippen molar-refractivity contribution in [1.82, 2.24) is 0 Å². The summed E-state index contributed by atoms with van der Waals surface area (Å²) >= 11 is 0. The Morgan fingerprint density at radius 2 is 1.44 bits per heavy atom. The Morgan fingerprint density at radius 3 is 2.07 bits per heavy atom. The number of hydrogen-bond donors (Lipinski definition) is 3. The van der Waals surface area contributed by atoms with Gasteiger partial charge in [0.2, 0.25) is 0 Å². The molecule has 0 aromatic heterocycles. The Morgan fingerprint density at radius 1 is 0.852 bits per heavy atom. The first-order chi connectivity index (χ1) is 13.2. The molecule has 3 N–H and O–H groups in total. The van der Waals surface area contributed by atoms with Crippen molar-refractivity contribution < 1.29 is 24.8 Å². The van der Waals surface area contributed by atoms with Crippen LogP contribution in [0.2, 0.25) is 0 Å². The highest BCUT2D eigenvalue weighted by molar-refractivity contribution is 4.87. The van der Waals surface area contributed by atoms with E-state index in [1.54, 1.807) is 0 Å². The molecule has 5 heteroatoms. The molecule has 1 saturated heterocycles. The topological polar surface area (TPSA) is 79.2 Å². The van der Waals surface area contributed by atoms with Crippen molar-refractivity contribution in [2.45, 2.75) is 108 Å². The van der Waals surface area contributed by atoms with E-state index in [4.69, 9.17) is 14.6 Å². The van der Waals surface area contributed by atoms with Crippen molar-refractivity contribution in [3.8, 4) is 0 Å². The number of aliphatic hydroxyl groups is 3. The molecule has 0 radical (unpaired) electrons. The maximum absolute atomic E-state index is 9.98. The van der Waals surface area contributed by atoms with E-state index >= 15 is 0 Å². The van der Waals surface area contributed by atoms with E-state index < -0.39 is 24.4 Å². The Labute approximate surface area is 165 Å². The van der Waals surface area contributed by atoms with Gasteiger partial charge in [-0.05, 0) is 32.1 Å². The summed E-state index contributed by atoms with van der Waals surface area (Å²) in [6, 6.07) is 0. The standard InChI is InChI=1S/C22H42O5/c1-2-3-4-5-6-7-8-9-10-11-12-13-14-15-16-26-20-18-27-19(17-23)21(24)22(20)25/h9-10,19-25H,2-8,11-18H2,1H3/b10-9+/t19-,20+,21-,22-/m0/s1. The number of allylic oxidation sites excluding steroid dienone is 2.